The van der Waals surface area contributed by atoms with E-state index in [0.29, 0.717) is 18.6 Å². The maximum absolute atomic E-state index is 10.7. The third-order valence-corrected chi connectivity index (χ3v) is 2.85. The Bertz CT molecular complexity index is 177. The topological polar surface area (TPSA) is 26.3 Å². The summed E-state index contributed by atoms with van der Waals surface area (Å²) in [7, 11) is 0. The summed E-state index contributed by atoms with van der Waals surface area (Å²) in [6.45, 7) is 6.39. The van der Waals surface area contributed by atoms with Crippen LogP contribution in [0.3, 0.4) is 0 Å². The minimum atomic E-state index is 0.130. The summed E-state index contributed by atoms with van der Waals surface area (Å²) >= 11 is 0. The van der Waals surface area contributed by atoms with Crippen LogP contribution in [0, 0.1) is 11.8 Å². The molecule has 3 atom stereocenters. The molecule has 0 aromatic heterocycles. The zero-order valence-corrected chi connectivity index (χ0v) is 8.88. The lowest BCUT2D eigenvalue weighted by molar-refractivity contribution is -0.125. The Morgan fingerprint density at radius 1 is 1.38 bits per heavy atom. The fourth-order valence-electron chi connectivity index (χ4n) is 2.11. The lowest BCUT2D eigenvalue weighted by atomic mass is 9.81. The number of ether oxygens (including phenoxy) is 1. The van der Waals surface area contributed by atoms with Crippen LogP contribution in [0.2, 0.25) is 0 Å². The Morgan fingerprint density at radius 2 is 2.08 bits per heavy atom. The van der Waals surface area contributed by atoms with Crippen molar-refractivity contribution in [3.63, 3.8) is 0 Å². The van der Waals surface area contributed by atoms with Crippen LogP contribution in [0.4, 0.5) is 0 Å². The van der Waals surface area contributed by atoms with Gasteiger partial charge in [0, 0.05) is 0 Å². The summed E-state index contributed by atoms with van der Waals surface area (Å²) in [6, 6.07) is 0. The van der Waals surface area contributed by atoms with Crippen molar-refractivity contribution >= 4 is 5.78 Å². The van der Waals surface area contributed by atoms with Crippen LogP contribution in [0.25, 0.3) is 0 Å². The van der Waals surface area contributed by atoms with Gasteiger partial charge in [0.2, 0.25) is 0 Å². The van der Waals surface area contributed by atoms with Crippen molar-refractivity contribution in [3.05, 3.63) is 0 Å². The van der Waals surface area contributed by atoms with Crippen molar-refractivity contribution in [2.45, 2.75) is 46.1 Å². The van der Waals surface area contributed by atoms with Crippen molar-refractivity contribution in [1.82, 2.24) is 0 Å². The molecule has 0 aromatic rings. The average molecular weight is 184 g/mol. The van der Waals surface area contributed by atoms with E-state index in [1.807, 2.05) is 0 Å². The lowest BCUT2D eigenvalue weighted by Crippen LogP contribution is -2.30. The zero-order valence-electron chi connectivity index (χ0n) is 8.88. The molecule has 2 nitrogen and oxygen atoms in total. The third kappa shape index (κ3) is 3.47. The summed E-state index contributed by atoms with van der Waals surface area (Å²) < 4.78 is 5.56. The number of rotatable bonds is 3. The molecule has 0 spiro atoms. The van der Waals surface area contributed by atoms with Crippen LogP contribution in [0.15, 0.2) is 0 Å². The van der Waals surface area contributed by atoms with Crippen molar-refractivity contribution < 1.29 is 9.53 Å². The van der Waals surface area contributed by atoms with Gasteiger partial charge in [-0.05, 0) is 38.0 Å². The van der Waals surface area contributed by atoms with Crippen LogP contribution < -0.4 is 0 Å². The first-order valence-electron chi connectivity index (χ1n) is 5.20. The fourth-order valence-corrected chi connectivity index (χ4v) is 2.11. The molecule has 1 aliphatic rings. The van der Waals surface area contributed by atoms with E-state index >= 15 is 0 Å². The SMILES string of the molecule is CC(=O)COC1CCC(C)CC1C. The number of ketones is 1. The van der Waals surface area contributed by atoms with Gasteiger partial charge in [0.05, 0.1) is 6.10 Å². The maximum atomic E-state index is 10.7. The highest BCUT2D eigenvalue weighted by Crippen LogP contribution is 2.30. The minimum absolute atomic E-state index is 0.130. The maximum Gasteiger partial charge on any atom is 0.155 e. The number of carbonyl (C=O) groups is 1. The lowest BCUT2D eigenvalue weighted by Gasteiger charge is -2.32. The molecule has 0 heterocycles. The van der Waals surface area contributed by atoms with Gasteiger partial charge in [0.1, 0.15) is 6.61 Å². The van der Waals surface area contributed by atoms with Gasteiger partial charge in [0.15, 0.2) is 5.78 Å². The minimum Gasteiger partial charge on any atom is -0.370 e. The molecule has 0 amide bonds. The van der Waals surface area contributed by atoms with Crippen molar-refractivity contribution in [1.29, 1.82) is 0 Å². The molecule has 0 aromatic carbocycles. The third-order valence-electron chi connectivity index (χ3n) is 2.85. The van der Waals surface area contributed by atoms with E-state index in [1.165, 1.54) is 12.8 Å². The Labute approximate surface area is 80.7 Å². The van der Waals surface area contributed by atoms with E-state index < -0.39 is 0 Å². The molecule has 0 bridgehead atoms. The molecule has 76 valence electrons. The summed E-state index contributed by atoms with van der Waals surface area (Å²) in [6.07, 6.45) is 3.92. The second-order valence-electron chi connectivity index (χ2n) is 4.45. The van der Waals surface area contributed by atoms with Gasteiger partial charge in [-0.2, -0.15) is 0 Å². The first-order valence-corrected chi connectivity index (χ1v) is 5.20. The zero-order chi connectivity index (χ0) is 9.84. The Hall–Kier alpha value is -0.370. The number of hydrogen-bond donors (Lipinski definition) is 0. The smallest absolute Gasteiger partial charge is 0.155 e. The molecular weight excluding hydrogens is 164 g/mol. The number of carbonyl (C=O) groups excluding carboxylic acids is 1. The highest BCUT2D eigenvalue weighted by Gasteiger charge is 2.25. The van der Waals surface area contributed by atoms with E-state index in [0.717, 1.165) is 12.3 Å². The number of hydrogen-bond acceptors (Lipinski definition) is 2. The number of Topliss-reactive ketones (excluding diaryl/α,β-unsaturated/α-hetero) is 1. The summed E-state index contributed by atoms with van der Waals surface area (Å²) in [5, 5.41) is 0. The molecule has 0 saturated heterocycles. The van der Waals surface area contributed by atoms with Gasteiger partial charge < -0.3 is 4.74 Å². The molecule has 13 heavy (non-hydrogen) atoms. The van der Waals surface area contributed by atoms with Gasteiger partial charge in [-0.15, -0.1) is 0 Å². The van der Waals surface area contributed by atoms with E-state index in [4.69, 9.17) is 4.74 Å². The van der Waals surface area contributed by atoms with Gasteiger partial charge in [0.25, 0.3) is 0 Å². The first kappa shape index (κ1) is 10.7. The molecule has 1 aliphatic carbocycles. The van der Waals surface area contributed by atoms with Gasteiger partial charge in [-0.3, -0.25) is 4.79 Å². The monoisotopic (exact) mass is 184 g/mol. The van der Waals surface area contributed by atoms with Crippen LogP contribution in [0.1, 0.15) is 40.0 Å². The molecule has 1 rings (SSSR count). The van der Waals surface area contributed by atoms with Crippen LogP contribution in [-0.2, 0) is 9.53 Å². The summed E-state index contributed by atoms with van der Waals surface area (Å²) in [4.78, 5) is 10.7. The van der Waals surface area contributed by atoms with Crippen LogP contribution in [-0.4, -0.2) is 18.5 Å². The Kier molecular flexibility index (Phi) is 3.91. The highest BCUT2D eigenvalue weighted by atomic mass is 16.5. The molecule has 3 unspecified atom stereocenters. The Morgan fingerprint density at radius 3 is 2.62 bits per heavy atom. The fraction of sp³-hybridized carbons (Fsp3) is 0.909. The largest absolute Gasteiger partial charge is 0.370 e. The van der Waals surface area contributed by atoms with Gasteiger partial charge in [-0.25, -0.2) is 0 Å². The summed E-state index contributed by atoms with van der Waals surface area (Å²) in [5.74, 6) is 1.57. The second-order valence-corrected chi connectivity index (χ2v) is 4.45. The molecule has 0 aliphatic heterocycles. The second kappa shape index (κ2) is 4.75. The molecule has 0 radical (unpaired) electrons. The van der Waals surface area contributed by atoms with E-state index in [9.17, 15) is 4.79 Å². The first-order chi connectivity index (χ1) is 6.09. The van der Waals surface area contributed by atoms with Crippen LogP contribution >= 0.6 is 0 Å². The van der Waals surface area contributed by atoms with Gasteiger partial charge in [-0.1, -0.05) is 13.8 Å². The van der Waals surface area contributed by atoms with Crippen molar-refractivity contribution in [3.8, 4) is 0 Å². The average Bonchev–Trinajstić information content (AvgIpc) is 2.02. The van der Waals surface area contributed by atoms with Gasteiger partial charge >= 0.3 is 0 Å². The van der Waals surface area contributed by atoms with Crippen molar-refractivity contribution in [2.75, 3.05) is 6.61 Å². The van der Waals surface area contributed by atoms with E-state index in [2.05, 4.69) is 13.8 Å². The molecule has 2 heteroatoms. The Balaban J connectivity index is 2.29. The van der Waals surface area contributed by atoms with E-state index in [-0.39, 0.29) is 5.78 Å². The molecule has 1 fully saturated rings. The summed E-state index contributed by atoms with van der Waals surface area (Å²) in [5.41, 5.74) is 0. The normalized spacial score (nSPS) is 34.5. The molecule has 0 N–H and O–H groups in total. The molecule has 1 saturated carbocycles. The quantitative estimate of drug-likeness (QED) is 0.673. The standard InChI is InChI=1S/C11H20O2/c1-8-4-5-11(9(2)6-8)13-7-10(3)12/h8-9,11H,4-7H2,1-3H3. The predicted octanol–water partition coefficient (Wildman–Crippen LogP) is 2.42. The van der Waals surface area contributed by atoms with E-state index in [1.54, 1.807) is 6.92 Å². The van der Waals surface area contributed by atoms with Crippen LogP contribution in [0.5, 0.6) is 0 Å². The predicted molar refractivity (Wildman–Crippen MR) is 52.6 cm³/mol. The van der Waals surface area contributed by atoms with Crippen molar-refractivity contribution in [2.24, 2.45) is 11.8 Å². The highest BCUT2D eigenvalue weighted by molar-refractivity contribution is 5.76. The molecular formula is C11H20O2.